The number of benzene rings is 1. The quantitative estimate of drug-likeness (QED) is 0.779. The first-order valence-electron chi connectivity index (χ1n) is 5.64. The van der Waals surface area contributed by atoms with Gasteiger partial charge < -0.3 is 9.26 Å². The normalized spacial score (nSPS) is 11.5. The third-order valence-electron chi connectivity index (χ3n) is 2.66. The summed E-state index contributed by atoms with van der Waals surface area (Å²) in [4.78, 5) is 23.0. The van der Waals surface area contributed by atoms with Crippen LogP contribution in [0.15, 0.2) is 43.3 Å². The molecule has 0 unspecified atom stereocenters. The van der Waals surface area contributed by atoms with E-state index in [1.165, 1.54) is 38.3 Å². The van der Waals surface area contributed by atoms with E-state index in [4.69, 9.17) is 4.74 Å². The molecule has 0 saturated heterocycles. The van der Waals surface area contributed by atoms with Gasteiger partial charge in [0.15, 0.2) is 0 Å². The van der Waals surface area contributed by atoms with Gasteiger partial charge in [0.1, 0.15) is 5.75 Å². The van der Waals surface area contributed by atoms with Gasteiger partial charge in [-0.15, -0.1) is 0 Å². The van der Waals surface area contributed by atoms with E-state index < -0.39 is 21.5 Å². The molecular formula is C11H12N2O6S. The van der Waals surface area contributed by atoms with Crippen LogP contribution >= 0.6 is 0 Å². The Kier molecular flexibility index (Phi) is 3.53. The molecule has 1 aromatic carbocycles. The molecule has 20 heavy (non-hydrogen) atoms. The number of aromatic nitrogens is 2. The van der Waals surface area contributed by atoms with Gasteiger partial charge in [0.25, 0.3) is 10.0 Å². The molecule has 0 atom stereocenters. The van der Waals surface area contributed by atoms with Crippen molar-refractivity contribution in [3.05, 3.63) is 45.3 Å². The molecule has 0 bridgehead atoms. The second-order valence-corrected chi connectivity index (χ2v) is 5.54. The van der Waals surface area contributed by atoms with Crippen molar-refractivity contribution in [2.75, 3.05) is 7.11 Å². The van der Waals surface area contributed by atoms with Crippen LogP contribution in [0.1, 0.15) is 6.92 Å². The third-order valence-corrected chi connectivity index (χ3v) is 4.20. The maximum atomic E-state index is 12.2. The zero-order valence-corrected chi connectivity index (χ0v) is 11.6. The Morgan fingerprint density at radius 2 is 1.80 bits per heavy atom. The smallest absolute Gasteiger partial charge is 0.443 e. The maximum Gasteiger partial charge on any atom is 0.443 e. The van der Waals surface area contributed by atoms with Crippen LogP contribution in [0.4, 0.5) is 0 Å². The highest BCUT2D eigenvalue weighted by Gasteiger charge is 2.24. The molecular weight excluding hydrogens is 288 g/mol. The Morgan fingerprint density at radius 3 is 2.25 bits per heavy atom. The molecule has 0 amide bonds. The van der Waals surface area contributed by atoms with E-state index in [0.717, 1.165) is 0 Å². The highest BCUT2D eigenvalue weighted by atomic mass is 32.2. The fourth-order valence-corrected chi connectivity index (χ4v) is 2.73. The summed E-state index contributed by atoms with van der Waals surface area (Å²) in [6, 6.07) is 5.35. The summed E-state index contributed by atoms with van der Waals surface area (Å²) in [5.41, 5.74) is -1.03. The van der Waals surface area contributed by atoms with E-state index in [0.29, 0.717) is 10.3 Å². The zero-order valence-electron chi connectivity index (χ0n) is 10.8. The predicted octanol–water partition coefficient (Wildman–Crippen LogP) is -0.132. The number of ether oxygens (including phenoxy) is 1. The standard InChI is InChI=1S/C11H12N2O6S/c1-3-12-10(14)13(19-11(12)15)20(16,17)9-6-4-8(18-2)5-7-9/h4-7H,3H2,1-2H3. The van der Waals surface area contributed by atoms with Crippen molar-refractivity contribution in [3.8, 4) is 5.75 Å². The fourth-order valence-electron chi connectivity index (χ4n) is 1.60. The van der Waals surface area contributed by atoms with Crippen LogP contribution in [0, 0.1) is 0 Å². The second kappa shape index (κ2) is 5.00. The molecule has 0 saturated carbocycles. The van der Waals surface area contributed by atoms with Gasteiger partial charge in [-0.1, -0.05) is 0 Å². The van der Waals surface area contributed by atoms with E-state index in [1.54, 1.807) is 0 Å². The molecule has 2 rings (SSSR count). The van der Waals surface area contributed by atoms with Gasteiger partial charge in [-0.25, -0.2) is 14.2 Å². The fraction of sp³-hybridized carbons (Fsp3) is 0.273. The van der Waals surface area contributed by atoms with Crippen LogP contribution in [0.3, 0.4) is 0 Å². The van der Waals surface area contributed by atoms with Crippen molar-refractivity contribution in [1.29, 1.82) is 0 Å². The first-order valence-corrected chi connectivity index (χ1v) is 7.08. The minimum atomic E-state index is -4.25. The topological polar surface area (TPSA) is 101 Å². The van der Waals surface area contributed by atoms with Crippen LogP contribution < -0.4 is 16.2 Å². The maximum absolute atomic E-state index is 12.2. The van der Waals surface area contributed by atoms with E-state index in [2.05, 4.69) is 4.52 Å². The number of hydrogen-bond donors (Lipinski definition) is 0. The molecule has 2 aromatic rings. The minimum Gasteiger partial charge on any atom is -0.497 e. The van der Waals surface area contributed by atoms with Crippen molar-refractivity contribution in [3.63, 3.8) is 0 Å². The first-order chi connectivity index (χ1) is 9.41. The summed E-state index contributed by atoms with van der Waals surface area (Å²) >= 11 is 0. The van der Waals surface area contributed by atoms with E-state index in [9.17, 15) is 18.0 Å². The Balaban J connectivity index is 2.60. The van der Waals surface area contributed by atoms with Crippen molar-refractivity contribution in [1.82, 2.24) is 8.71 Å². The van der Waals surface area contributed by atoms with E-state index in [1.807, 2.05) is 0 Å². The SMILES string of the molecule is CCn1c(=O)on(S(=O)(=O)c2ccc(OC)cc2)c1=O. The molecule has 108 valence electrons. The lowest BCUT2D eigenvalue weighted by Crippen LogP contribution is -2.31. The van der Waals surface area contributed by atoms with Gasteiger partial charge in [-0.05, 0) is 35.3 Å². The molecule has 0 aliphatic carbocycles. The molecule has 0 radical (unpaired) electrons. The second-order valence-electron chi connectivity index (χ2n) is 3.79. The van der Waals surface area contributed by atoms with Crippen molar-refractivity contribution >= 4 is 10.0 Å². The van der Waals surface area contributed by atoms with Gasteiger partial charge in [0.05, 0.1) is 12.0 Å². The zero-order chi connectivity index (χ0) is 14.9. The lowest BCUT2D eigenvalue weighted by molar-refractivity contribution is 0.330. The van der Waals surface area contributed by atoms with Gasteiger partial charge in [0.2, 0.25) is 0 Å². The molecule has 8 nitrogen and oxygen atoms in total. The Bertz CT molecular complexity index is 825. The van der Waals surface area contributed by atoms with Gasteiger partial charge in [0, 0.05) is 6.54 Å². The van der Waals surface area contributed by atoms with Gasteiger partial charge in [-0.3, -0.25) is 0 Å². The first kappa shape index (κ1) is 14.1. The largest absolute Gasteiger partial charge is 0.497 e. The highest BCUT2D eigenvalue weighted by Crippen LogP contribution is 2.16. The minimum absolute atomic E-state index is 0.0201. The molecule has 1 heterocycles. The highest BCUT2D eigenvalue weighted by molar-refractivity contribution is 7.89. The molecule has 0 aliphatic rings. The van der Waals surface area contributed by atoms with E-state index >= 15 is 0 Å². The number of nitrogens with zero attached hydrogens (tertiary/aromatic N) is 2. The third kappa shape index (κ3) is 2.16. The molecule has 9 heteroatoms. The van der Waals surface area contributed by atoms with Crippen molar-refractivity contribution < 1.29 is 17.7 Å². The van der Waals surface area contributed by atoms with Crippen LogP contribution in [0.25, 0.3) is 0 Å². The van der Waals surface area contributed by atoms with Gasteiger partial charge in [-0.2, -0.15) is 8.42 Å². The Labute approximate surface area is 113 Å². The van der Waals surface area contributed by atoms with Crippen LogP contribution in [0.5, 0.6) is 5.75 Å². The van der Waals surface area contributed by atoms with Crippen LogP contribution in [-0.4, -0.2) is 24.2 Å². The molecule has 0 spiro atoms. The Morgan fingerprint density at radius 1 is 1.20 bits per heavy atom. The number of hydrogen-bond acceptors (Lipinski definition) is 6. The number of rotatable bonds is 4. The summed E-state index contributed by atoms with van der Waals surface area (Å²) in [6.07, 6.45) is 0. The van der Waals surface area contributed by atoms with Crippen LogP contribution in [0.2, 0.25) is 0 Å². The van der Waals surface area contributed by atoms with E-state index in [-0.39, 0.29) is 15.6 Å². The summed E-state index contributed by atoms with van der Waals surface area (Å²) in [5, 5.41) is 0. The average Bonchev–Trinajstić information content (AvgIpc) is 2.74. The predicted molar refractivity (Wildman–Crippen MR) is 68.5 cm³/mol. The monoisotopic (exact) mass is 300 g/mol. The average molecular weight is 300 g/mol. The summed E-state index contributed by atoms with van der Waals surface area (Å²) < 4.78 is 34.6. The van der Waals surface area contributed by atoms with Crippen molar-refractivity contribution in [2.45, 2.75) is 18.4 Å². The van der Waals surface area contributed by atoms with Gasteiger partial charge >= 0.3 is 11.4 Å². The van der Waals surface area contributed by atoms with Crippen molar-refractivity contribution in [2.24, 2.45) is 0 Å². The number of methoxy groups -OCH3 is 1. The molecule has 0 fully saturated rings. The molecule has 0 aliphatic heterocycles. The molecule has 0 N–H and O–H groups in total. The lowest BCUT2D eigenvalue weighted by atomic mass is 10.3. The summed E-state index contributed by atoms with van der Waals surface area (Å²) in [5.74, 6) is -0.557. The summed E-state index contributed by atoms with van der Waals surface area (Å²) in [6.45, 7) is 1.55. The summed E-state index contributed by atoms with van der Waals surface area (Å²) in [7, 11) is -2.81. The lowest BCUT2D eigenvalue weighted by Gasteiger charge is -2.03. The Hall–Kier alpha value is -2.29. The molecule has 1 aromatic heterocycles. The van der Waals surface area contributed by atoms with Crippen LogP contribution in [-0.2, 0) is 16.6 Å².